The number of nitrogens with one attached hydrogen (secondary N) is 1. The van der Waals surface area contributed by atoms with Crippen LogP contribution in [-0.4, -0.2) is 44.9 Å². The maximum Gasteiger partial charge on any atom is 0.270 e. The molecule has 1 saturated heterocycles. The van der Waals surface area contributed by atoms with Gasteiger partial charge >= 0.3 is 0 Å². The molecule has 0 saturated carbocycles. The summed E-state index contributed by atoms with van der Waals surface area (Å²) in [5.74, 6) is 0.604. The van der Waals surface area contributed by atoms with Gasteiger partial charge in [-0.05, 0) is 42.8 Å². The van der Waals surface area contributed by atoms with E-state index >= 15 is 0 Å². The van der Waals surface area contributed by atoms with Gasteiger partial charge in [0.1, 0.15) is 5.75 Å². The SMILES string of the molecule is COCCNC[C@@H]1[C@H](Oc2ccc(Cl)cc2)C(=O)N1c1ccccc1C. The number of rotatable bonds is 8. The molecule has 5 nitrogen and oxygen atoms in total. The summed E-state index contributed by atoms with van der Waals surface area (Å²) >= 11 is 5.92. The number of carbonyl (C=O) groups is 1. The smallest absolute Gasteiger partial charge is 0.270 e. The van der Waals surface area contributed by atoms with Crippen LogP contribution < -0.4 is 15.0 Å². The summed E-state index contributed by atoms with van der Waals surface area (Å²) in [7, 11) is 1.67. The molecular formula is C20H23ClN2O3. The van der Waals surface area contributed by atoms with Crippen molar-refractivity contribution in [3.8, 4) is 5.75 Å². The van der Waals surface area contributed by atoms with Crippen LogP contribution in [0.2, 0.25) is 5.02 Å². The van der Waals surface area contributed by atoms with Crippen molar-refractivity contribution in [2.45, 2.75) is 19.1 Å². The Labute approximate surface area is 158 Å². The van der Waals surface area contributed by atoms with Gasteiger partial charge < -0.3 is 19.7 Å². The Morgan fingerprint density at radius 1 is 1.15 bits per heavy atom. The summed E-state index contributed by atoms with van der Waals surface area (Å²) in [4.78, 5) is 14.6. The van der Waals surface area contributed by atoms with Crippen LogP contribution in [0.3, 0.4) is 0 Å². The molecule has 3 rings (SSSR count). The molecule has 1 heterocycles. The zero-order chi connectivity index (χ0) is 18.5. The van der Waals surface area contributed by atoms with Gasteiger partial charge in [0.25, 0.3) is 5.91 Å². The largest absolute Gasteiger partial charge is 0.478 e. The summed E-state index contributed by atoms with van der Waals surface area (Å²) < 4.78 is 11.0. The predicted octanol–water partition coefficient (Wildman–Crippen LogP) is 3.05. The monoisotopic (exact) mass is 374 g/mol. The maximum atomic E-state index is 12.8. The van der Waals surface area contributed by atoms with Crippen molar-refractivity contribution in [3.05, 3.63) is 59.1 Å². The van der Waals surface area contributed by atoms with E-state index in [1.165, 1.54) is 0 Å². The average molecular weight is 375 g/mol. The van der Waals surface area contributed by atoms with Gasteiger partial charge in [0, 0.05) is 30.9 Å². The normalized spacial score (nSPS) is 19.3. The number of aryl methyl sites for hydroxylation is 1. The van der Waals surface area contributed by atoms with E-state index < -0.39 is 6.10 Å². The van der Waals surface area contributed by atoms with E-state index in [-0.39, 0.29) is 11.9 Å². The van der Waals surface area contributed by atoms with Crippen LogP contribution in [0.25, 0.3) is 0 Å². The molecule has 0 unspecified atom stereocenters. The molecule has 1 aliphatic heterocycles. The van der Waals surface area contributed by atoms with Crippen LogP contribution >= 0.6 is 11.6 Å². The van der Waals surface area contributed by atoms with E-state index in [0.29, 0.717) is 23.9 Å². The van der Waals surface area contributed by atoms with Crippen LogP contribution in [0, 0.1) is 6.92 Å². The molecule has 1 N–H and O–H groups in total. The van der Waals surface area contributed by atoms with Crippen molar-refractivity contribution >= 4 is 23.2 Å². The molecule has 26 heavy (non-hydrogen) atoms. The molecule has 1 amide bonds. The fraction of sp³-hybridized carbons (Fsp3) is 0.350. The second-order valence-electron chi connectivity index (χ2n) is 6.25. The summed E-state index contributed by atoms with van der Waals surface area (Å²) in [6, 6.07) is 14.9. The van der Waals surface area contributed by atoms with Gasteiger partial charge in [-0.3, -0.25) is 4.79 Å². The fourth-order valence-corrected chi connectivity index (χ4v) is 3.19. The number of benzene rings is 2. The Hall–Kier alpha value is -2.08. The molecule has 2 atom stereocenters. The highest BCUT2D eigenvalue weighted by molar-refractivity contribution is 6.30. The lowest BCUT2D eigenvalue weighted by molar-refractivity contribution is -0.134. The minimum absolute atomic E-state index is 0.0345. The fourth-order valence-electron chi connectivity index (χ4n) is 3.06. The van der Waals surface area contributed by atoms with Gasteiger partial charge in [-0.1, -0.05) is 29.8 Å². The van der Waals surface area contributed by atoms with Crippen LogP contribution in [0.1, 0.15) is 5.56 Å². The molecule has 0 aromatic heterocycles. The zero-order valence-electron chi connectivity index (χ0n) is 14.9. The number of hydrogen-bond acceptors (Lipinski definition) is 4. The first-order valence-electron chi connectivity index (χ1n) is 8.62. The van der Waals surface area contributed by atoms with E-state index in [1.54, 1.807) is 31.4 Å². The Balaban J connectivity index is 1.76. The molecule has 1 fully saturated rings. The van der Waals surface area contributed by atoms with Crippen LogP contribution in [0.5, 0.6) is 5.75 Å². The summed E-state index contributed by atoms with van der Waals surface area (Å²) in [6.07, 6.45) is -0.522. The van der Waals surface area contributed by atoms with Gasteiger partial charge in [0.2, 0.25) is 0 Å². The number of β-lactam (4-membered cyclic amide) rings is 1. The molecule has 138 valence electrons. The van der Waals surface area contributed by atoms with E-state index in [2.05, 4.69) is 5.32 Å². The van der Waals surface area contributed by atoms with Gasteiger partial charge in [-0.15, -0.1) is 0 Å². The van der Waals surface area contributed by atoms with Gasteiger partial charge in [0.05, 0.1) is 12.6 Å². The van der Waals surface area contributed by atoms with Gasteiger partial charge in [0.15, 0.2) is 6.10 Å². The molecule has 0 bridgehead atoms. The molecule has 0 radical (unpaired) electrons. The number of halogens is 1. The highest BCUT2D eigenvalue weighted by atomic mass is 35.5. The molecule has 0 aliphatic carbocycles. The van der Waals surface area contributed by atoms with E-state index in [9.17, 15) is 4.79 Å². The molecule has 0 spiro atoms. The minimum Gasteiger partial charge on any atom is -0.478 e. The van der Waals surface area contributed by atoms with E-state index in [1.807, 2.05) is 36.1 Å². The Bertz CT molecular complexity index is 751. The number of ether oxygens (including phenoxy) is 2. The van der Waals surface area contributed by atoms with E-state index in [4.69, 9.17) is 21.1 Å². The standard InChI is InChI=1S/C20H23ClN2O3/c1-14-5-3-4-6-17(14)23-18(13-22-11-12-25-2)19(20(23)24)26-16-9-7-15(21)8-10-16/h3-10,18-19,22H,11-13H2,1-2H3/t18-,19+/m1/s1. The first kappa shape index (κ1) is 18.7. The summed E-state index contributed by atoms with van der Waals surface area (Å²) in [5, 5.41) is 3.97. The first-order chi connectivity index (χ1) is 12.6. The van der Waals surface area contributed by atoms with Crippen molar-refractivity contribution < 1.29 is 14.3 Å². The Morgan fingerprint density at radius 3 is 2.58 bits per heavy atom. The highest BCUT2D eigenvalue weighted by Gasteiger charge is 2.50. The van der Waals surface area contributed by atoms with Crippen molar-refractivity contribution in [2.24, 2.45) is 0 Å². The maximum absolute atomic E-state index is 12.8. The second kappa shape index (κ2) is 8.54. The number of para-hydroxylation sites is 1. The Morgan fingerprint density at radius 2 is 1.88 bits per heavy atom. The summed E-state index contributed by atoms with van der Waals surface area (Å²) in [6.45, 7) is 3.97. The van der Waals surface area contributed by atoms with Gasteiger partial charge in [-0.2, -0.15) is 0 Å². The lowest BCUT2D eigenvalue weighted by Gasteiger charge is -2.47. The number of methoxy groups -OCH3 is 1. The summed E-state index contributed by atoms with van der Waals surface area (Å²) in [5.41, 5.74) is 1.99. The molecular weight excluding hydrogens is 352 g/mol. The van der Waals surface area contributed by atoms with Gasteiger partial charge in [-0.25, -0.2) is 0 Å². The first-order valence-corrected chi connectivity index (χ1v) is 9.00. The molecule has 2 aromatic carbocycles. The third-order valence-electron chi connectivity index (χ3n) is 4.45. The average Bonchev–Trinajstić information content (AvgIpc) is 2.65. The second-order valence-corrected chi connectivity index (χ2v) is 6.69. The van der Waals surface area contributed by atoms with Crippen LogP contribution in [0.4, 0.5) is 5.69 Å². The lowest BCUT2D eigenvalue weighted by atomic mass is 9.95. The third kappa shape index (κ3) is 4.01. The quantitative estimate of drug-likeness (QED) is 0.570. The zero-order valence-corrected chi connectivity index (χ0v) is 15.7. The highest BCUT2D eigenvalue weighted by Crippen LogP contribution is 2.33. The number of carbonyl (C=O) groups excluding carboxylic acids is 1. The number of nitrogens with zero attached hydrogens (tertiary/aromatic N) is 1. The van der Waals surface area contributed by atoms with Crippen LogP contribution in [0.15, 0.2) is 48.5 Å². The van der Waals surface area contributed by atoms with Crippen molar-refractivity contribution in [2.75, 3.05) is 31.7 Å². The molecule has 6 heteroatoms. The van der Waals surface area contributed by atoms with Crippen LogP contribution in [-0.2, 0) is 9.53 Å². The molecule has 2 aromatic rings. The lowest BCUT2D eigenvalue weighted by Crippen LogP contribution is -2.70. The van der Waals surface area contributed by atoms with Crippen molar-refractivity contribution in [3.63, 3.8) is 0 Å². The molecule has 1 aliphatic rings. The number of amides is 1. The number of hydrogen-bond donors (Lipinski definition) is 1. The topological polar surface area (TPSA) is 50.8 Å². The third-order valence-corrected chi connectivity index (χ3v) is 4.70. The number of anilines is 1. The van der Waals surface area contributed by atoms with Crippen molar-refractivity contribution in [1.29, 1.82) is 0 Å². The Kier molecular flexibility index (Phi) is 6.14. The van der Waals surface area contributed by atoms with E-state index in [0.717, 1.165) is 17.8 Å². The van der Waals surface area contributed by atoms with Crippen molar-refractivity contribution in [1.82, 2.24) is 5.32 Å². The predicted molar refractivity (Wildman–Crippen MR) is 103 cm³/mol. The minimum atomic E-state index is -0.522.